The Morgan fingerprint density at radius 1 is 1.53 bits per heavy atom. The molecule has 4 heteroatoms. The first-order valence-electron chi connectivity index (χ1n) is 6.17. The molecule has 1 aromatic heterocycles. The van der Waals surface area contributed by atoms with Gasteiger partial charge in [-0.15, -0.1) is 0 Å². The highest BCUT2D eigenvalue weighted by Gasteiger charge is 2.31. The van der Waals surface area contributed by atoms with E-state index in [4.69, 9.17) is 5.73 Å². The van der Waals surface area contributed by atoms with Crippen LogP contribution in [0.4, 0.5) is 0 Å². The number of hydrogen-bond acceptors (Lipinski definition) is 3. The molecule has 2 unspecified atom stereocenters. The molecule has 4 nitrogen and oxygen atoms in total. The van der Waals surface area contributed by atoms with E-state index in [9.17, 15) is 4.79 Å². The van der Waals surface area contributed by atoms with E-state index in [1.807, 2.05) is 17.0 Å². The van der Waals surface area contributed by atoms with Gasteiger partial charge in [0, 0.05) is 24.8 Å². The Morgan fingerprint density at radius 3 is 3.00 bits per heavy atom. The Morgan fingerprint density at radius 2 is 2.35 bits per heavy atom. The van der Waals surface area contributed by atoms with Crippen molar-refractivity contribution in [1.82, 2.24) is 9.88 Å². The SMILES string of the molecule is CC1CCCC(CN)N1C(=O)c1ccccn1. The Hall–Kier alpha value is -1.42. The second-order valence-corrected chi connectivity index (χ2v) is 4.60. The first-order valence-corrected chi connectivity index (χ1v) is 6.17. The predicted octanol–water partition coefficient (Wildman–Crippen LogP) is 1.42. The smallest absolute Gasteiger partial charge is 0.272 e. The number of likely N-dealkylation sites (tertiary alicyclic amines) is 1. The molecule has 0 aliphatic carbocycles. The van der Waals surface area contributed by atoms with Crippen LogP contribution in [0, 0.1) is 0 Å². The molecule has 1 aliphatic heterocycles. The predicted molar refractivity (Wildman–Crippen MR) is 66.6 cm³/mol. The van der Waals surface area contributed by atoms with E-state index in [-0.39, 0.29) is 18.0 Å². The lowest BCUT2D eigenvalue weighted by molar-refractivity contribution is 0.0488. The molecule has 0 radical (unpaired) electrons. The Bertz CT molecular complexity index is 380. The van der Waals surface area contributed by atoms with Crippen molar-refractivity contribution in [2.75, 3.05) is 6.54 Å². The molecule has 0 saturated carbocycles. The average molecular weight is 233 g/mol. The largest absolute Gasteiger partial charge is 0.330 e. The summed E-state index contributed by atoms with van der Waals surface area (Å²) in [5.41, 5.74) is 6.27. The molecule has 1 aromatic rings. The standard InChI is InChI=1S/C13H19N3O/c1-10-5-4-6-11(9-14)16(10)13(17)12-7-2-3-8-15-12/h2-3,7-8,10-11H,4-6,9,14H2,1H3. The van der Waals surface area contributed by atoms with Crippen LogP contribution in [0.25, 0.3) is 0 Å². The summed E-state index contributed by atoms with van der Waals surface area (Å²) in [6.45, 7) is 2.62. The van der Waals surface area contributed by atoms with Crippen molar-refractivity contribution in [1.29, 1.82) is 0 Å². The quantitative estimate of drug-likeness (QED) is 0.840. The summed E-state index contributed by atoms with van der Waals surface area (Å²) < 4.78 is 0. The van der Waals surface area contributed by atoms with Gasteiger partial charge in [0.2, 0.25) is 0 Å². The number of amides is 1. The Kier molecular flexibility index (Phi) is 3.74. The minimum atomic E-state index is 0.00764. The lowest BCUT2D eigenvalue weighted by Gasteiger charge is -2.40. The molecular formula is C13H19N3O. The Balaban J connectivity index is 2.21. The van der Waals surface area contributed by atoms with Gasteiger partial charge in [-0.25, -0.2) is 0 Å². The van der Waals surface area contributed by atoms with Gasteiger partial charge in [0.05, 0.1) is 0 Å². The number of hydrogen-bond donors (Lipinski definition) is 1. The third kappa shape index (κ3) is 2.47. The van der Waals surface area contributed by atoms with Crippen molar-refractivity contribution in [2.24, 2.45) is 5.73 Å². The molecule has 92 valence electrons. The van der Waals surface area contributed by atoms with E-state index in [0.717, 1.165) is 19.3 Å². The molecule has 2 N–H and O–H groups in total. The fourth-order valence-electron chi connectivity index (χ4n) is 2.51. The van der Waals surface area contributed by atoms with E-state index in [1.165, 1.54) is 0 Å². The zero-order chi connectivity index (χ0) is 12.3. The average Bonchev–Trinajstić information content (AvgIpc) is 2.38. The first kappa shape index (κ1) is 12.0. The second-order valence-electron chi connectivity index (χ2n) is 4.60. The molecule has 0 bridgehead atoms. The normalized spacial score (nSPS) is 24.7. The van der Waals surface area contributed by atoms with Crippen LogP contribution < -0.4 is 5.73 Å². The maximum atomic E-state index is 12.4. The van der Waals surface area contributed by atoms with Gasteiger partial charge in [-0.05, 0) is 38.3 Å². The van der Waals surface area contributed by atoms with Crippen LogP contribution in [-0.4, -0.2) is 34.4 Å². The highest BCUT2D eigenvalue weighted by Crippen LogP contribution is 2.23. The third-order valence-electron chi connectivity index (χ3n) is 3.42. The molecular weight excluding hydrogens is 214 g/mol. The molecule has 0 spiro atoms. The minimum absolute atomic E-state index is 0.00764. The maximum Gasteiger partial charge on any atom is 0.272 e. The number of nitrogens with zero attached hydrogens (tertiary/aromatic N) is 2. The van der Waals surface area contributed by atoms with Gasteiger partial charge in [-0.1, -0.05) is 6.07 Å². The van der Waals surface area contributed by atoms with Crippen LogP contribution in [-0.2, 0) is 0 Å². The summed E-state index contributed by atoms with van der Waals surface area (Å²) >= 11 is 0. The number of piperidine rings is 1. The summed E-state index contributed by atoms with van der Waals surface area (Å²) in [6.07, 6.45) is 4.85. The van der Waals surface area contributed by atoms with Gasteiger partial charge in [0.25, 0.3) is 5.91 Å². The van der Waals surface area contributed by atoms with Crippen LogP contribution in [0.3, 0.4) is 0 Å². The summed E-state index contributed by atoms with van der Waals surface area (Å²) in [7, 11) is 0. The van der Waals surface area contributed by atoms with Gasteiger partial charge < -0.3 is 10.6 Å². The number of carbonyl (C=O) groups excluding carboxylic acids is 1. The van der Waals surface area contributed by atoms with Crippen molar-refractivity contribution >= 4 is 5.91 Å². The van der Waals surface area contributed by atoms with E-state index in [2.05, 4.69) is 11.9 Å². The summed E-state index contributed by atoms with van der Waals surface area (Å²) in [6, 6.07) is 5.83. The number of rotatable bonds is 2. The highest BCUT2D eigenvalue weighted by atomic mass is 16.2. The lowest BCUT2D eigenvalue weighted by atomic mass is 9.96. The van der Waals surface area contributed by atoms with Crippen LogP contribution in [0.5, 0.6) is 0 Å². The summed E-state index contributed by atoms with van der Waals surface area (Å²) in [4.78, 5) is 18.4. The molecule has 1 aliphatic rings. The van der Waals surface area contributed by atoms with Crippen molar-refractivity contribution in [2.45, 2.75) is 38.3 Å². The summed E-state index contributed by atoms with van der Waals surface area (Å²) in [5, 5.41) is 0. The van der Waals surface area contributed by atoms with Crippen LogP contribution in [0.1, 0.15) is 36.7 Å². The highest BCUT2D eigenvalue weighted by molar-refractivity contribution is 5.92. The first-order chi connectivity index (χ1) is 8.24. The van der Waals surface area contributed by atoms with Gasteiger partial charge in [-0.3, -0.25) is 9.78 Å². The van der Waals surface area contributed by atoms with Gasteiger partial charge in [0.15, 0.2) is 0 Å². The Labute approximate surface area is 102 Å². The molecule has 1 fully saturated rings. The maximum absolute atomic E-state index is 12.4. The van der Waals surface area contributed by atoms with Gasteiger partial charge in [-0.2, -0.15) is 0 Å². The van der Waals surface area contributed by atoms with Crippen LogP contribution >= 0.6 is 0 Å². The van der Waals surface area contributed by atoms with Crippen molar-refractivity contribution in [3.63, 3.8) is 0 Å². The van der Waals surface area contributed by atoms with Crippen LogP contribution in [0.15, 0.2) is 24.4 Å². The molecule has 1 saturated heterocycles. The van der Waals surface area contributed by atoms with Crippen molar-refractivity contribution < 1.29 is 4.79 Å². The monoisotopic (exact) mass is 233 g/mol. The summed E-state index contributed by atoms with van der Waals surface area (Å²) in [5.74, 6) is 0.00764. The third-order valence-corrected chi connectivity index (χ3v) is 3.42. The minimum Gasteiger partial charge on any atom is -0.330 e. The topological polar surface area (TPSA) is 59.2 Å². The number of aromatic nitrogens is 1. The fourth-order valence-corrected chi connectivity index (χ4v) is 2.51. The zero-order valence-corrected chi connectivity index (χ0v) is 10.2. The fraction of sp³-hybridized carbons (Fsp3) is 0.538. The zero-order valence-electron chi connectivity index (χ0n) is 10.2. The number of nitrogens with two attached hydrogens (primary N) is 1. The van der Waals surface area contributed by atoms with Crippen LogP contribution in [0.2, 0.25) is 0 Å². The molecule has 1 amide bonds. The van der Waals surface area contributed by atoms with Gasteiger partial charge in [0.1, 0.15) is 5.69 Å². The van der Waals surface area contributed by atoms with E-state index in [1.54, 1.807) is 12.3 Å². The molecule has 2 atom stereocenters. The van der Waals surface area contributed by atoms with E-state index >= 15 is 0 Å². The second kappa shape index (κ2) is 5.27. The molecule has 0 aromatic carbocycles. The van der Waals surface area contributed by atoms with E-state index < -0.39 is 0 Å². The lowest BCUT2D eigenvalue weighted by Crippen LogP contribution is -2.52. The van der Waals surface area contributed by atoms with Crippen molar-refractivity contribution in [3.8, 4) is 0 Å². The van der Waals surface area contributed by atoms with Gasteiger partial charge >= 0.3 is 0 Å². The molecule has 2 heterocycles. The number of carbonyl (C=O) groups is 1. The van der Waals surface area contributed by atoms with E-state index in [0.29, 0.717) is 12.2 Å². The van der Waals surface area contributed by atoms with Crippen molar-refractivity contribution in [3.05, 3.63) is 30.1 Å². The molecule has 17 heavy (non-hydrogen) atoms. The molecule has 2 rings (SSSR count). The number of pyridine rings is 1.